The first kappa shape index (κ1) is 16.8. The van der Waals surface area contributed by atoms with E-state index < -0.39 is 0 Å². The van der Waals surface area contributed by atoms with Gasteiger partial charge in [-0.15, -0.1) is 10.2 Å². The number of hydrogen-bond acceptors (Lipinski definition) is 7. The van der Waals surface area contributed by atoms with Crippen LogP contribution in [0.1, 0.15) is 35.4 Å². The zero-order valence-electron chi connectivity index (χ0n) is 14.7. The monoisotopic (exact) mass is 363 g/mol. The zero-order valence-corrected chi connectivity index (χ0v) is 14.7. The van der Waals surface area contributed by atoms with Crippen molar-refractivity contribution in [3.63, 3.8) is 0 Å². The molecule has 0 atom stereocenters. The summed E-state index contributed by atoms with van der Waals surface area (Å²) in [5, 5.41) is 15.2. The van der Waals surface area contributed by atoms with Gasteiger partial charge >= 0.3 is 0 Å². The van der Waals surface area contributed by atoms with Crippen LogP contribution in [0.4, 0.5) is 0 Å². The Morgan fingerprint density at radius 1 is 1.26 bits per heavy atom. The maximum absolute atomic E-state index is 12.2. The molecule has 1 N–H and O–H groups in total. The van der Waals surface area contributed by atoms with E-state index in [-0.39, 0.29) is 12.5 Å². The molecule has 0 aromatic carbocycles. The topological polar surface area (TPSA) is 111 Å². The van der Waals surface area contributed by atoms with Crippen molar-refractivity contribution in [1.82, 2.24) is 35.0 Å². The lowest BCUT2D eigenvalue weighted by Crippen LogP contribution is -2.24. The quantitative estimate of drug-likeness (QED) is 0.558. The first-order valence-corrected chi connectivity index (χ1v) is 8.60. The number of fused-ring (bicyclic) bond motifs is 1. The third-order valence-electron chi connectivity index (χ3n) is 4.01. The standard InChI is InChI=1S/C18H17N7O2/c1-2-5-14-21-18(27-24-14)13-7-4-9-25-15(22-23-16(13)25)11-20-17(26)12-6-3-8-19-10-12/h3-4,6-10H,2,5,11H2,1H3,(H,20,26). The summed E-state index contributed by atoms with van der Waals surface area (Å²) in [6.45, 7) is 2.28. The maximum atomic E-state index is 12.2. The van der Waals surface area contributed by atoms with Gasteiger partial charge in [0.1, 0.15) is 0 Å². The number of pyridine rings is 2. The van der Waals surface area contributed by atoms with Crippen molar-refractivity contribution in [2.24, 2.45) is 0 Å². The van der Waals surface area contributed by atoms with Gasteiger partial charge in [0.25, 0.3) is 11.8 Å². The van der Waals surface area contributed by atoms with Crippen LogP contribution < -0.4 is 5.32 Å². The summed E-state index contributed by atoms with van der Waals surface area (Å²) < 4.78 is 7.15. The second-order valence-corrected chi connectivity index (χ2v) is 5.92. The molecule has 4 aromatic heterocycles. The highest BCUT2D eigenvalue weighted by molar-refractivity contribution is 5.93. The number of aryl methyl sites for hydroxylation is 1. The summed E-state index contributed by atoms with van der Waals surface area (Å²) in [7, 11) is 0. The van der Waals surface area contributed by atoms with Gasteiger partial charge in [0.05, 0.1) is 17.7 Å². The lowest BCUT2D eigenvalue weighted by atomic mass is 10.2. The number of aromatic nitrogens is 6. The number of amides is 1. The van der Waals surface area contributed by atoms with Crippen LogP contribution in [0.25, 0.3) is 17.1 Å². The fourth-order valence-electron chi connectivity index (χ4n) is 2.70. The van der Waals surface area contributed by atoms with Crippen molar-refractivity contribution in [1.29, 1.82) is 0 Å². The molecule has 0 aliphatic heterocycles. The second-order valence-electron chi connectivity index (χ2n) is 5.92. The first-order chi connectivity index (χ1) is 13.3. The lowest BCUT2D eigenvalue weighted by molar-refractivity contribution is 0.0949. The van der Waals surface area contributed by atoms with Gasteiger partial charge in [-0.2, -0.15) is 4.98 Å². The molecular formula is C18H17N7O2. The molecule has 0 unspecified atom stereocenters. The summed E-state index contributed by atoms with van der Waals surface area (Å²) in [5.74, 6) is 1.44. The third kappa shape index (κ3) is 3.39. The van der Waals surface area contributed by atoms with E-state index in [2.05, 4.69) is 37.6 Å². The molecule has 1 amide bonds. The second kappa shape index (κ2) is 7.32. The number of rotatable bonds is 6. The number of hydrogen-bond donors (Lipinski definition) is 1. The molecule has 0 saturated heterocycles. The molecule has 4 aromatic rings. The SMILES string of the molecule is CCCc1noc(-c2cccn3c(CNC(=O)c4cccnc4)nnc23)n1. The van der Waals surface area contributed by atoms with E-state index >= 15 is 0 Å². The number of carbonyl (C=O) groups excluding carboxylic acids is 1. The van der Waals surface area contributed by atoms with Gasteiger partial charge in [0, 0.05) is 25.0 Å². The van der Waals surface area contributed by atoms with Crippen LogP contribution >= 0.6 is 0 Å². The minimum Gasteiger partial charge on any atom is -0.345 e. The summed E-state index contributed by atoms with van der Waals surface area (Å²) in [5.41, 5.74) is 1.78. The van der Waals surface area contributed by atoms with Crippen molar-refractivity contribution in [2.75, 3.05) is 0 Å². The van der Waals surface area contributed by atoms with Gasteiger partial charge in [0.15, 0.2) is 17.3 Å². The molecular weight excluding hydrogens is 346 g/mol. The minimum atomic E-state index is -0.225. The number of carbonyl (C=O) groups is 1. The molecule has 0 bridgehead atoms. The minimum absolute atomic E-state index is 0.225. The van der Waals surface area contributed by atoms with Crippen LogP contribution in [0.2, 0.25) is 0 Å². The zero-order chi connectivity index (χ0) is 18.6. The molecule has 0 aliphatic rings. The van der Waals surface area contributed by atoms with E-state index in [0.29, 0.717) is 34.3 Å². The van der Waals surface area contributed by atoms with Crippen LogP contribution in [-0.2, 0) is 13.0 Å². The van der Waals surface area contributed by atoms with E-state index in [9.17, 15) is 4.79 Å². The van der Waals surface area contributed by atoms with Crippen molar-refractivity contribution in [3.05, 3.63) is 60.1 Å². The average Bonchev–Trinajstić information content (AvgIpc) is 3.34. The largest absolute Gasteiger partial charge is 0.345 e. The lowest BCUT2D eigenvalue weighted by Gasteiger charge is -2.04. The molecule has 0 fully saturated rings. The Labute approximate surface area is 154 Å². The van der Waals surface area contributed by atoms with Gasteiger partial charge in [0.2, 0.25) is 0 Å². The van der Waals surface area contributed by atoms with Crippen LogP contribution in [0.15, 0.2) is 47.4 Å². The molecule has 9 nitrogen and oxygen atoms in total. The molecule has 0 aliphatic carbocycles. The predicted octanol–water partition coefficient (Wildman–Crippen LogP) is 2.06. The average molecular weight is 363 g/mol. The van der Waals surface area contributed by atoms with Crippen molar-refractivity contribution in [3.8, 4) is 11.5 Å². The van der Waals surface area contributed by atoms with Gasteiger partial charge in [-0.25, -0.2) is 0 Å². The highest BCUT2D eigenvalue weighted by atomic mass is 16.5. The molecule has 0 radical (unpaired) electrons. The molecule has 27 heavy (non-hydrogen) atoms. The molecule has 136 valence electrons. The van der Waals surface area contributed by atoms with Gasteiger partial charge in [-0.3, -0.25) is 14.2 Å². The van der Waals surface area contributed by atoms with Crippen LogP contribution in [0, 0.1) is 0 Å². The summed E-state index contributed by atoms with van der Waals surface area (Å²) in [6, 6.07) is 7.11. The fraction of sp³-hybridized carbons (Fsp3) is 0.222. The van der Waals surface area contributed by atoms with Gasteiger partial charge in [-0.05, 0) is 30.7 Å². The fourth-order valence-corrected chi connectivity index (χ4v) is 2.70. The Morgan fingerprint density at radius 3 is 3.00 bits per heavy atom. The third-order valence-corrected chi connectivity index (χ3v) is 4.01. The smallest absolute Gasteiger partial charge is 0.261 e. The Hall–Kier alpha value is -3.62. The molecule has 9 heteroatoms. The summed E-state index contributed by atoms with van der Waals surface area (Å²) in [4.78, 5) is 20.5. The van der Waals surface area contributed by atoms with Crippen molar-refractivity contribution >= 4 is 11.6 Å². The molecule has 0 saturated carbocycles. The van der Waals surface area contributed by atoms with E-state index in [4.69, 9.17) is 4.52 Å². The molecule has 0 spiro atoms. The van der Waals surface area contributed by atoms with Crippen molar-refractivity contribution < 1.29 is 9.32 Å². The Morgan fingerprint density at radius 2 is 2.19 bits per heavy atom. The Kier molecular flexibility index (Phi) is 4.56. The summed E-state index contributed by atoms with van der Waals surface area (Å²) in [6.07, 6.45) is 6.65. The molecule has 4 heterocycles. The van der Waals surface area contributed by atoms with E-state index in [1.807, 2.05) is 18.3 Å². The van der Waals surface area contributed by atoms with Crippen LogP contribution in [0.3, 0.4) is 0 Å². The number of nitrogens with zero attached hydrogens (tertiary/aromatic N) is 6. The highest BCUT2D eigenvalue weighted by Gasteiger charge is 2.16. The normalized spacial score (nSPS) is 11.0. The Bertz CT molecular complexity index is 1070. The highest BCUT2D eigenvalue weighted by Crippen LogP contribution is 2.22. The van der Waals surface area contributed by atoms with Crippen LogP contribution in [-0.4, -0.2) is 35.6 Å². The van der Waals surface area contributed by atoms with Crippen molar-refractivity contribution in [2.45, 2.75) is 26.3 Å². The maximum Gasteiger partial charge on any atom is 0.261 e. The summed E-state index contributed by atoms with van der Waals surface area (Å²) >= 11 is 0. The van der Waals surface area contributed by atoms with E-state index in [1.54, 1.807) is 22.7 Å². The molecule has 4 rings (SSSR count). The van der Waals surface area contributed by atoms with Gasteiger partial charge in [-0.1, -0.05) is 12.1 Å². The Balaban J connectivity index is 1.58. The van der Waals surface area contributed by atoms with Crippen LogP contribution in [0.5, 0.6) is 0 Å². The number of nitrogens with one attached hydrogen (secondary N) is 1. The first-order valence-electron chi connectivity index (χ1n) is 8.60. The van der Waals surface area contributed by atoms with E-state index in [0.717, 1.165) is 12.8 Å². The van der Waals surface area contributed by atoms with Gasteiger partial charge < -0.3 is 9.84 Å². The predicted molar refractivity (Wildman–Crippen MR) is 95.7 cm³/mol. The van der Waals surface area contributed by atoms with E-state index in [1.165, 1.54) is 6.20 Å².